The minimum absolute atomic E-state index is 0.0817. The van der Waals surface area contributed by atoms with E-state index in [9.17, 15) is 18.0 Å². The smallest absolute Gasteiger partial charge is 0.471 e. The largest absolute Gasteiger partial charge is 0.573 e. The van der Waals surface area contributed by atoms with E-state index < -0.39 is 24.1 Å². The molecule has 1 amide bonds. The fraction of sp³-hybridized carbons (Fsp3) is 0.280. The molecule has 0 unspecified atom stereocenters. The van der Waals surface area contributed by atoms with Crippen LogP contribution in [0.4, 0.5) is 13.2 Å². The number of carbonyl (C=O) groups is 1. The Bertz CT molecular complexity index is 1250. The molecule has 2 aromatic carbocycles. The molecule has 0 radical (unpaired) electrons. The molecule has 0 fully saturated rings. The number of hydrogen-bond acceptors (Lipinski definition) is 7. The minimum atomic E-state index is -4.92. The van der Waals surface area contributed by atoms with Crippen LogP contribution in [0.1, 0.15) is 48.4 Å². The maximum Gasteiger partial charge on any atom is 0.573 e. The van der Waals surface area contributed by atoms with E-state index in [1.807, 2.05) is 13.8 Å². The molecule has 0 aliphatic carbocycles. The first-order chi connectivity index (χ1) is 17.7. The molecule has 12 heteroatoms. The van der Waals surface area contributed by atoms with Gasteiger partial charge in [0.2, 0.25) is 0 Å². The van der Waals surface area contributed by atoms with E-state index in [0.717, 1.165) is 23.3 Å². The molecule has 1 aliphatic heterocycles. The van der Waals surface area contributed by atoms with E-state index in [2.05, 4.69) is 25.2 Å². The highest BCUT2D eigenvalue weighted by molar-refractivity contribution is 6.31. The third kappa shape index (κ3) is 7.56. The number of carbonyl (C=O) groups excluding carboxylic acids is 1. The number of oxime groups is 1. The van der Waals surface area contributed by atoms with Gasteiger partial charge in [-0.25, -0.2) is 0 Å². The lowest BCUT2D eigenvalue weighted by Crippen LogP contribution is -2.28. The number of halogens is 4. The lowest BCUT2D eigenvalue weighted by atomic mass is 10.0. The van der Waals surface area contributed by atoms with Crippen LogP contribution in [-0.4, -0.2) is 41.3 Å². The van der Waals surface area contributed by atoms with Crippen LogP contribution >= 0.6 is 11.6 Å². The van der Waals surface area contributed by atoms with Crippen molar-refractivity contribution in [3.8, 4) is 17.0 Å². The second-order valence-corrected chi connectivity index (χ2v) is 7.80. The van der Waals surface area contributed by atoms with Crippen molar-refractivity contribution < 1.29 is 32.3 Å². The number of benzene rings is 2. The number of amides is 1. The van der Waals surface area contributed by atoms with Crippen LogP contribution in [0.2, 0.25) is 5.02 Å². The number of rotatable bonds is 6. The van der Waals surface area contributed by atoms with Gasteiger partial charge in [0.1, 0.15) is 12.4 Å². The number of nitrogens with one attached hydrogen (secondary N) is 1. The number of alkyl halides is 3. The molecular formula is C25H24ClF3N4O4. The Hall–Kier alpha value is -3.86. The van der Waals surface area contributed by atoms with Crippen LogP contribution in [0.25, 0.3) is 11.3 Å². The highest BCUT2D eigenvalue weighted by Crippen LogP contribution is 2.28. The normalized spacial score (nSPS) is 13.6. The summed E-state index contributed by atoms with van der Waals surface area (Å²) in [5.74, 6) is -0.885. The van der Waals surface area contributed by atoms with E-state index in [1.165, 1.54) is 18.5 Å². The van der Waals surface area contributed by atoms with Gasteiger partial charge >= 0.3 is 6.36 Å². The summed E-state index contributed by atoms with van der Waals surface area (Å²) in [7, 11) is 0. The first-order valence-corrected chi connectivity index (χ1v) is 11.7. The van der Waals surface area contributed by atoms with Crippen molar-refractivity contribution in [3.05, 3.63) is 76.7 Å². The zero-order valence-corrected chi connectivity index (χ0v) is 20.9. The summed E-state index contributed by atoms with van der Waals surface area (Å²) in [6.45, 7) is 6.47. The van der Waals surface area contributed by atoms with Gasteiger partial charge in [-0.15, -0.1) is 13.2 Å². The van der Waals surface area contributed by atoms with Crippen LogP contribution in [0.15, 0.2) is 60.0 Å². The van der Waals surface area contributed by atoms with Gasteiger partial charge < -0.3 is 19.6 Å². The molecule has 0 spiro atoms. The molecule has 2 heterocycles. The molecule has 8 nitrogen and oxygen atoms in total. The Labute approximate surface area is 216 Å². The lowest BCUT2D eigenvalue weighted by molar-refractivity contribution is -0.274. The van der Waals surface area contributed by atoms with Crippen molar-refractivity contribution in [1.29, 1.82) is 0 Å². The summed E-state index contributed by atoms with van der Waals surface area (Å²) < 4.78 is 47.1. The van der Waals surface area contributed by atoms with Gasteiger partial charge in [0.25, 0.3) is 11.8 Å². The van der Waals surface area contributed by atoms with E-state index in [4.69, 9.17) is 21.2 Å². The van der Waals surface area contributed by atoms with Crippen molar-refractivity contribution >= 4 is 23.4 Å². The van der Waals surface area contributed by atoms with Gasteiger partial charge in [-0.3, -0.25) is 14.8 Å². The Morgan fingerprint density at radius 2 is 1.73 bits per heavy atom. The highest BCUT2D eigenvalue weighted by Gasteiger charge is 2.31. The number of hydrogen-bond donors (Lipinski definition) is 1. The quantitative estimate of drug-likeness (QED) is 0.420. The fourth-order valence-electron chi connectivity index (χ4n) is 3.34. The average molecular weight is 537 g/mol. The molecule has 1 aromatic heterocycles. The number of ether oxygens (including phenoxy) is 2. The summed E-state index contributed by atoms with van der Waals surface area (Å²) in [5.41, 5.74) is 2.31. The Kier molecular flexibility index (Phi) is 9.29. The Morgan fingerprint density at radius 1 is 1.05 bits per heavy atom. The van der Waals surface area contributed by atoms with Gasteiger partial charge in [0, 0.05) is 34.1 Å². The van der Waals surface area contributed by atoms with Gasteiger partial charge in [-0.2, -0.15) is 0 Å². The summed E-state index contributed by atoms with van der Waals surface area (Å²) in [6.07, 6.45) is -1.92. The van der Waals surface area contributed by atoms with Gasteiger partial charge in [0.15, 0.2) is 6.61 Å². The topological polar surface area (TPSA) is 94.9 Å². The van der Waals surface area contributed by atoms with Gasteiger partial charge in [-0.1, -0.05) is 37.6 Å². The summed E-state index contributed by atoms with van der Waals surface area (Å²) in [5, 5.41) is 6.51. The maximum atomic E-state index is 12.8. The second kappa shape index (κ2) is 12.4. The molecule has 0 bridgehead atoms. The molecular weight excluding hydrogens is 513 g/mol. The molecule has 1 atom stereocenters. The van der Waals surface area contributed by atoms with Crippen LogP contribution in [0.5, 0.6) is 5.75 Å². The molecule has 4 rings (SSSR count). The molecule has 196 valence electrons. The molecule has 1 aliphatic rings. The second-order valence-electron chi connectivity index (χ2n) is 7.36. The van der Waals surface area contributed by atoms with Crippen LogP contribution in [-0.2, 0) is 9.57 Å². The zero-order valence-electron chi connectivity index (χ0n) is 20.2. The van der Waals surface area contributed by atoms with Crippen molar-refractivity contribution in [2.45, 2.75) is 33.2 Å². The first kappa shape index (κ1) is 27.7. The Morgan fingerprint density at radius 3 is 2.38 bits per heavy atom. The first-order valence-electron chi connectivity index (χ1n) is 11.3. The predicted molar refractivity (Wildman–Crippen MR) is 131 cm³/mol. The lowest BCUT2D eigenvalue weighted by Gasteiger charge is -2.17. The van der Waals surface area contributed by atoms with E-state index >= 15 is 0 Å². The van der Waals surface area contributed by atoms with Gasteiger partial charge in [0.05, 0.1) is 17.4 Å². The molecule has 1 N–H and O–H groups in total. The average Bonchev–Trinajstić information content (AvgIpc) is 2.89. The van der Waals surface area contributed by atoms with Crippen molar-refractivity contribution in [3.63, 3.8) is 0 Å². The molecule has 37 heavy (non-hydrogen) atoms. The summed E-state index contributed by atoms with van der Waals surface area (Å²) >= 11 is 5.88. The van der Waals surface area contributed by atoms with Gasteiger partial charge in [-0.05, 0) is 42.4 Å². The number of aromatic nitrogens is 2. The van der Waals surface area contributed by atoms with Crippen LogP contribution in [0.3, 0.4) is 0 Å². The van der Waals surface area contributed by atoms with Crippen LogP contribution in [0, 0.1) is 0 Å². The third-order valence-corrected chi connectivity index (χ3v) is 5.04. The highest BCUT2D eigenvalue weighted by atomic mass is 35.5. The van der Waals surface area contributed by atoms with Crippen molar-refractivity contribution in [2.75, 3.05) is 13.2 Å². The van der Waals surface area contributed by atoms with Crippen LogP contribution < -0.4 is 10.1 Å². The minimum Gasteiger partial charge on any atom is -0.471 e. The van der Waals surface area contributed by atoms with E-state index in [1.54, 1.807) is 31.2 Å². The van der Waals surface area contributed by atoms with Crippen molar-refractivity contribution in [1.82, 2.24) is 15.3 Å². The Balaban J connectivity index is 0.00000186. The van der Waals surface area contributed by atoms with E-state index in [0.29, 0.717) is 30.5 Å². The monoisotopic (exact) mass is 536 g/mol. The standard InChI is InChI=1S/C23H18ClF3N4O4.C2H6/c1-13(30-21(32)16-10-17(24)12-18(11-16)35-23(25,26)27)19-20(29-7-6-28-19)14-2-4-15(5-3-14)22-31-34-9-8-33-22;1-2/h2-7,10-13H,8-9H2,1H3,(H,30,32);1-2H3/t13-;/m0./s1. The summed E-state index contributed by atoms with van der Waals surface area (Å²) in [4.78, 5) is 26.6. The number of nitrogens with zero attached hydrogens (tertiary/aromatic N) is 3. The van der Waals surface area contributed by atoms with E-state index in [-0.39, 0.29) is 10.6 Å². The SMILES string of the molecule is CC.C[C@H](NC(=O)c1cc(Cl)cc(OC(F)(F)F)c1)c1nccnc1-c1ccc(C2=NOCCO2)cc1. The zero-order chi connectivity index (χ0) is 27.0. The maximum absolute atomic E-state index is 12.8. The predicted octanol–water partition coefficient (Wildman–Crippen LogP) is 5.92. The molecule has 3 aromatic rings. The molecule has 0 saturated carbocycles. The summed E-state index contributed by atoms with van der Waals surface area (Å²) in [6, 6.07) is 9.70. The molecule has 0 saturated heterocycles. The fourth-order valence-corrected chi connectivity index (χ4v) is 3.56. The third-order valence-electron chi connectivity index (χ3n) is 4.82. The van der Waals surface area contributed by atoms with Crippen molar-refractivity contribution in [2.24, 2.45) is 5.16 Å².